The summed E-state index contributed by atoms with van der Waals surface area (Å²) in [5.74, 6) is 0.0401. The summed E-state index contributed by atoms with van der Waals surface area (Å²) in [6.45, 7) is 2.26. The molecule has 0 bridgehead atoms. The summed E-state index contributed by atoms with van der Waals surface area (Å²) in [6, 6.07) is 10.8. The van der Waals surface area contributed by atoms with Gasteiger partial charge in [-0.1, -0.05) is 0 Å². The standard InChI is InChI=1S/C19H16N4O3/c1-12(24)22-9-7-13-10-14(2-4-18(13)22)21-17-3-5-19(23(25)26)16-11-20-8-6-15(16)17/h2-6,8,10-11,21H,7,9H2,1H3. The van der Waals surface area contributed by atoms with Crippen molar-refractivity contribution in [1.29, 1.82) is 0 Å². The van der Waals surface area contributed by atoms with Gasteiger partial charge in [0.15, 0.2) is 0 Å². The van der Waals surface area contributed by atoms with Crippen LogP contribution in [0.5, 0.6) is 0 Å². The van der Waals surface area contributed by atoms with Crippen LogP contribution in [0.15, 0.2) is 48.8 Å². The average molecular weight is 348 g/mol. The SMILES string of the molecule is CC(=O)N1CCc2cc(Nc3ccc([N+](=O)[O-])c4cnccc34)ccc21. The van der Waals surface area contributed by atoms with Crippen molar-refractivity contribution in [2.75, 3.05) is 16.8 Å². The number of carbonyl (C=O) groups is 1. The van der Waals surface area contributed by atoms with Gasteiger partial charge in [-0.3, -0.25) is 19.9 Å². The van der Waals surface area contributed by atoms with Gasteiger partial charge in [-0.05, 0) is 42.3 Å². The molecule has 7 heteroatoms. The number of hydrogen-bond acceptors (Lipinski definition) is 5. The number of amides is 1. The number of anilines is 3. The van der Waals surface area contributed by atoms with Gasteiger partial charge in [0.25, 0.3) is 5.69 Å². The first-order chi connectivity index (χ1) is 12.5. The van der Waals surface area contributed by atoms with E-state index >= 15 is 0 Å². The number of nitrogens with zero attached hydrogens (tertiary/aromatic N) is 3. The van der Waals surface area contributed by atoms with Gasteiger partial charge in [0.1, 0.15) is 0 Å². The molecule has 2 heterocycles. The number of benzene rings is 2. The monoisotopic (exact) mass is 348 g/mol. The third-order valence-corrected chi connectivity index (χ3v) is 4.63. The highest BCUT2D eigenvalue weighted by Crippen LogP contribution is 2.35. The molecule has 3 aromatic rings. The lowest BCUT2D eigenvalue weighted by Gasteiger charge is -2.15. The molecule has 4 rings (SSSR count). The van der Waals surface area contributed by atoms with Crippen LogP contribution in [0, 0.1) is 10.1 Å². The molecule has 0 aliphatic carbocycles. The van der Waals surface area contributed by atoms with Crippen molar-refractivity contribution in [1.82, 2.24) is 4.98 Å². The highest BCUT2D eigenvalue weighted by atomic mass is 16.6. The molecule has 0 spiro atoms. The number of rotatable bonds is 3. The van der Waals surface area contributed by atoms with E-state index in [0.29, 0.717) is 11.9 Å². The van der Waals surface area contributed by atoms with Gasteiger partial charge in [-0.25, -0.2) is 0 Å². The fraction of sp³-hybridized carbons (Fsp3) is 0.158. The molecule has 1 N–H and O–H groups in total. The summed E-state index contributed by atoms with van der Waals surface area (Å²) >= 11 is 0. The summed E-state index contributed by atoms with van der Waals surface area (Å²) < 4.78 is 0. The number of nitrogens with one attached hydrogen (secondary N) is 1. The van der Waals surface area contributed by atoms with Crippen molar-refractivity contribution in [3.63, 3.8) is 0 Å². The van der Waals surface area contributed by atoms with Crippen LogP contribution in [-0.4, -0.2) is 22.4 Å². The summed E-state index contributed by atoms with van der Waals surface area (Å²) in [7, 11) is 0. The van der Waals surface area contributed by atoms with E-state index in [0.717, 1.165) is 34.4 Å². The highest BCUT2D eigenvalue weighted by molar-refractivity contribution is 6.00. The third-order valence-electron chi connectivity index (χ3n) is 4.63. The van der Waals surface area contributed by atoms with E-state index < -0.39 is 4.92 Å². The summed E-state index contributed by atoms with van der Waals surface area (Å²) in [4.78, 5) is 28.3. The summed E-state index contributed by atoms with van der Waals surface area (Å²) in [5, 5.41) is 15.8. The van der Waals surface area contributed by atoms with Crippen molar-refractivity contribution in [3.8, 4) is 0 Å². The lowest BCUT2D eigenvalue weighted by atomic mass is 10.1. The van der Waals surface area contributed by atoms with Crippen LogP contribution in [0.4, 0.5) is 22.7 Å². The molecule has 2 aromatic carbocycles. The third kappa shape index (κ3) is 2.63. The molecule has 1 aromatic heterocycles. The van der Waals surface area contributed by atoms with Crippen molar-refractivity contribution in [2.24, 2.45) is 0 Å². The van der Waals surface area contributed by atoms with Crippen molar-refractivity contribution in [2.45, 2.75) is 13.3 Å². The second-order valence-electron chi connectivity index (χ2n) is 6.20. The van der Waals surface area contributed by atoms with Crippen molar-refractivity contribution < 1.29 is 9.72 Å². The van der Waals surface area contributed by atoms with E-state index in [4.69, 9.17) is 0 Å². The van der Waals surface area contributed by atoms with E-state index in [-0.39, 0.29) is 11.6 Å². The van der Waals surface area contributed by atoms with Crippen LogP contribution in [0.2, 0.25) is 0 Å². The number of carbonyl (C=O) groups excluding carboxylic acids is 1. The van der Waals surface area contributed by atoms with Gasteiger partial charge in [0, 0.05) is 54.4 Å². The molecule has 7 nitrogen and oxygen atoms in total. The van der Waals surface area contributed by atoms with Crippen molar-refractivity contribution in [3.05, 3.63) is 64.5 Å². The lowest BCUT2D eigenvalue weighted by molar-refractivity contribution is -0.383. The van der Waals surface area contributed by atoms with Gasteiger partial charge >= 0.3 is 0 Å². The number of pyridine rings is 1. The zero-order valence-electron chi connectivity index (χ0n) is 14.1. The Balaban J connectivity index is 1.72. The van der Waals surface area contributed by atoms with Gasteiger partial charge in [-0.15, -0.1) is 0 Å². The van der Waals surface area contributed by atoms with E-state index in [1.165, 1.54) is 12.3 Å². The number of nitro groups is 1. The summed E-state index contributed by atoms with van der Waals surface area (Å²) in [6.07, 6.45) is 3.94. The maximum atomic E-state index is 11.7. The van der Waals surface area contributed by atoms with Crippen molar-refractivity contribution >= 4 is 39.4 Å². The van der Waals surface area contributed by atoms with E-state index in [1.54, 1.807) is 30.2 Å². The minimum Gasteiger partial charge on any atom is -0.355 e. The quantitative estimate of drug-likeness (QED) is 0.574. The Bertz CT molecular complexity index is 1050. The predicted octanol–water partition coefficient (Wildman–Crippen LogP) is 3.80. The van der Waals surface area contributed by atoms with E-state index in [2.05, 4.69) is 10.3 Å². The molecular formula is C19H16N4O3. The predicted molar refractivity (Wildman–Crippen MR) is 99.9 cm³/mol. The molecule has 0 saturated carbocycles. The van der Waals surface area contributed by atoms with Crippen LogP contribution < -0.4 is 10.2 Å². The molecular weight excluding hydrogens is 332 g/mol. The smallest absolute Gasteiger partial charge is 0.278 e. The van der Waals surface area contributed by atoms with Gasteiger partial charge < -0.3 is 10.2 Å². The van der Waals surface area contributed by atoms with Gasteiger partial charge in [-0.2, -0.15) is 0 Å². The summed E-state index contributed by atoms with van der Waals surface area (Å²) in [5.41, 5.74) is 3.74. The van der Waals surface area contributed by atoms with Gasteiger partial charge in [0.05, 0.1) is 10.3 Å². The maximum absolute atomic E-state index is 11.7. The van der Waals surface area contributed by atoms with Crippen LogP contribution >= 0.6 is 0 Å². The van der Waals surface area contributed by atoms with Crippen LogP contribution in [0.25, 0.3) is 10.8 Å². The Morgan fingerprint density at radius 3 is 2.85 bits per heavy atom. The molecule has 0 saturated heterocycles. The molecule has 0 fully saturated rings. The van der Waals surface area contributed by atoms with Crippen LogP contribution in [0.1, 0.15) is 12.5 Å². The van der Waals surface area contributed by atoms with E-state index in [9.17, 15) is 14.9 Å². The molecule has 130 valence electrons. The Morgan fingerprint density at radius 1 is 1.23 bits per heavy atom. The molecule has 1 amide bonds. The Labute approximate surface area is 149 Å². The minimum atomic E-state index is -0.403. The number of hydrogen-bond donors (Lipinski definition) is 1. The number of nitro benzene ring substituents is 1. The lowest BCUT2D eigenvalue weighted by Crippen LogP contribution is -2.25. The molecule has 0 unspecified atom stereocenters. The topological polar surface area (TPSA) is 88.4 Å². The van der Waals surface area contributed by atoms with Gasteiger partial charge in [0.2, 0.25) is 5.91 Å². The fourth-order valence-electron chi connectivity index (χ4n) is 3.41. The zero-order valence-corrected chi connectivity index (χ0v) is 14.1. The maximum Gasteiger partial charge on any atom is 0.278 e. The largest absolute Gasteiger partial charge is 0.355 e. The Morgan fingerprint density at radius 2 is 2.08 bits per heavy atom. The first-order valence-corrected chi connectivity index (χ1v) is 8.24. The first kappa shape index (κ1) is 16.0. The molecule has 1 aliphatic heterocycles. The number of non-ortho nitro benzene ring substituents is 1. The number of fused-ring (bicyclic) bond motifs is 2. The first-order valence-electron chi connectivity index (χ1n) is 8.24. The highest BCUT2D eigenvalue weighted by Gasteiger charge is 2.22. The second kappa shape index (κ2) is 6.11. The van der Waals surface area contributed by atoms with Crippen LogP contribution in [0.3, 0.4) is 0 Å². The van der Waals surface area contributed by atoms with E-state index in [1.807, 2.05) is 18.2 Å². The molecule has 26 heavy (non-hydrogen) atoms. The average Bonchev–Trinajstić information content (AvgIpc) is 3.05. The molecule has 1 aliphatic rings. The molecule has 0 radical (unpaired) electrons. The second-order valence-corrected chi connectivity index (χ2v) is 6.20. The zero-order chi connectivity index (χ0) is 18.3. The normalized spacial score (nSPS) is 12.9. The molecule has 0 atom stereocenters. The number of aromatic nitrogens is 1. The minimum absolute atomic E-state index is 0.0321. The van der Waals surface area contributed by atoms with Crippen LogP contribution in [-0.2, 0) is 11.2 Å². The fourth-order valence-corrected chi connectivity index (χ4v) is 3.41. The Kier molecular flexibility index (Phi) is 3.76. The Hall–Kier alpha value is -3.48.